The number of aliphatic hydroxyl groups is 2. The lowest BCUT2D eigenvalue weighted by Crippen LogP contribution is -2.36. The Bertz CT molecular complexity index is 1390. The van der Waals surface area contributed by atoms with E-state index in [9.17, 15) is 19.8 Å². The molecule has 0 radical (unpaired) electrons. The minimum absolute atomic E-state index is 0.0865. The van der Waals surface area contributed by atoms with Gasteiger partial charge in [-0.1, -0.05) is 48.5 Å². The summed E-state index contributed by atoms with van der Waals surface area (Å²) < 4.78 is 10.3. The smallest absolute Gasteiger partial charge is 0.407 e. The van der Waals surface area contributed by atoms with Crippen molar-refractivity contribution >= 4 is 23.0 Å². The van der Waals surface area contributed by atoms with E-state index in [1.165, 1.54) is 19.4 Å². The molecule has 0 bridgehead atoms. The largest absolute Gasteiger partial charge is 0.465 e. The van der Waals surface area contributed by atoms with Gasteiger partial charge in [-0.15, -0.1) is 0 Å². The zero-order valence-electron chi connectivity index (χ0n) is 19.5. The van der Waals surface area contributed by atoms with Gasteiger partial charge in [0.1, 0.15) is 18.8 Å². The van der Waals surface area contributed by atoms with Crippen LogP contribution in [0.1, 0.15) is 39.1 Å². The second kappa shape index (κ2) is 9.80. The topological polar surface area (TPSA) is 134 Å². The second-order valence-corrected chi connectivity index (χ2v) is 8.61. The molecule has 2 unspecified atom stereocenters. The molecule has 2 atom stereocenters. The maximum Gasteiger partial charge on any atom is 0.407 e. The third-order valence-corrected chi connectivity index (χ3v) is 6.49. The van der Waals surface area contributed by atoms with Gasteiger partial charge in [0, 0.05) is 17.8 Å². The number of hydrogen-bond acceptors (Lipinski definition) is 7. The van der Waals surface area contributed by atoms with Crippen molar-refractivity contribution in [3.8, 4) is 11.1 Å². The van der Waals surface area contributed by atoms with E-state index >= 15 is 0 Å². The van der Waals surface area contributed by atoms with Gasteiger partial charge < -0.3 is 25.0 Å². The molecule has 0 fully saturated rings. The highest BCUT2D eigenvalue weighted by molar-refractivity contribution is 6.03. The molecule has 1 aromatic heterocycles. The summed E-state index contributed by atoms with van der Waals surface area (Å²) in [6.45, 7) is -0.121. The van der Waals surface area contributed by atoms with Gasteiger partial charge >= 0.3 is 12.1 Å². The van der Waals surface area contributed by atoms with E-state index in [1.54, 1.807) is 6.07 Å². The standard InChI is InChI=1S/C27H25N3O6/c1-35-26(33)20-10-15(11-23-21(20)12-29-30-23)25(32)24(31)13-28-27(34)36-14-22-18-8-4-2-6-16(18)17-7-3-5-9-19(17)22/h2-12,22,24-25,31-32H,13-14H2,1H3,(H,28,34)(H,29,30). The van der Waals surface area contributed by atoms with Crippen molar-refractivity contribution in [3.63, 3.8) is 0 Å². The van der Waals surface area contributed by atoms with E-state index in [0.29, 0.717) is 10.9 Å². The molecule has 1 heterocycles. The number of methoxy groups -OCH3 is 1. The Labute approximate surface area is 206 Å². The Morgan fingerprint density at radius 2 is 1.72 bits per heavy atom. The molecule has 36 heavy (non-hydrogen) atoms. The van der Waals surface area contributed by atoms with Crippen LogP contribution >= 0.6 is 0 Å². The lowest BCUT2D eigenvalue weighted by Gasteiger charge is -2.20. The maximum atomic E-state index is 12.4. The predicted molar refractivity (Wildman–Crippen MR) is 131 cm³/mol. The molecule has 3 aromatic carbocycles. The molecule has 184 valence electrons. The van der Waals surface area contributed by atoms with Crippen molar-refractivity contribution in [1.82, 2.24) is 15.5 Å². The first-order valence-corrected chi connectivity index (χ1v) is 11.5. The molecule has 9 nitrogen and oxygen atoms in total. The maximum absolute atomic E-state index is 12.4. The summed E-state index contributed by atoms with van der Waals surface area (Å²) in [4.78, 5) is 24.5. The number of H-pyrrole nitrogens is 1. The number of fused-ring (bicyclic) bond motifs is 4. The van der Waals surface area contributed by atoms with Gasteiger partial charge in [-0.3, -0.25) is 5.10 Å². The molecule has 0 saturated carbocycles. The summed E-state index contributed by atoms with van der Waals surface area (Å²) in [7, 11) is 1.25. The van der Waals surface area contributed by atoms with Crippen LogP contribution in [-0.2, 0) is 9.47 Å². The van der Waals surface area contributed by atoms with Gasteiger partial charge in [0.05, 0.1) is 24.4 Å². The van der Waals surface area contributed by atoms with Crippen molar-refractivity contribution in [1.29, 1.82) is 0 Å². The van der Waals surface area contributed by atoms with Crippen LogP contribution in [0.5, 0.6) is 0 Å². The Morgan fingerprint density at radius 1 is 1.06 bits per heavy atom. The molecule has 0 aliphatic heterocycles. The summed E-state index contributed by atoms with van der Waals surface area (Å²) >= 11 is 0. The fourth-order valence-electron chi connectivity index (χ4n) is 4.69. The number of hydrogen-bond donors (Lipinski definition) is 4. The molecule has 1 aliphatic carbocycles. The number of rotatable bonds is 7. The number of esters is 1. The SMILES string of the molecule is COC(=O)c1cc(C(O)C(O)CNC(=O)OCC2c3ccccc3-c3ccccc32)cc2[nH]ncc12. The molecule has 1 aliphatic rings. The zero-order valence-corrected chi connectivity index (χ0v) is 19.5. The quantitative estimate of drug-likeness (QED) is 0.294. The summed E-state index contributed by atoms with van der Waals surface area (Å²) in [5.41, 5.74) is 5.42. The van der Waals surface area contributed by atoms with Crippen LogP contribution in [0.2, 0.25) is 0 Å². The summed E-state index contributed by atoms with van der Waals surface area (Å²) in [6, 6.07) is 19.1. The molecule has 1 amide bonds. The minimum atomic E-state index is -1.38. The first kappa shape index (κ1) is 23.5. The molecule has 5 rings (SSSR count). The number of benzene rings is 3. The Kier molecular flexibility index (Phi) is 6.41. The van der Waals surface area contributed by atoms with E-state index in [4.69, 9.17) is 9.47 Å². The third-order valence-electron chi connectivity index (χ3n) is 6.49. The van der Waals surface area contributed by atoms with E-state index in [2.05, 4.69) is 27.6 Å². The highest BCUT2D eigenvalue weighted by atomic mass is 16.5. The number of ether oxygens (including phenoxy) is 2. The van der Waals surface area contributed by atoms with E-state index < -0.39 is 24.3 Å². The van der Waals surface area contributed by atoms with Gasteiger partial charge in [0.25, 0.3) is 0 Å². The molecular formula is C27H25N3O6. The van der Waals surface area contributed by atoms with Crippen LogP contribution < -0.4 is 5.32 Å². The second-order valence-electron chi connectivity index (χ2n) is 8.61. The van der Waals surface area contributed by atoms with E-state index in [1.807, 2.05) is 36.4 Å². The van der Waals surface area contributed by atoms with Crippen molar-refractivity contribution < 1.29 is 29.3 Å². The Hall–Kier alpha value is -4.21. The summed E-state index contributed by atoms with van der Waals surface area (Å²) in [5, 5.41) is 30.9. The summed E-state index contributed by atoms with van der Waals surface area (Å²) in [6.07, 6.45) is -1.96. The van der Waals surface area contributed by atoms with E-state index in [0.717, 1.165) is 22.3 Å². The average molecular weight is 488 g/mol. The van der Waals surface area contributed by atoms with Crippen LogP contribution in [-0.4, -0.2) is 58.8 Å². The van der Waals surface area contributed by atoms with Gasteiger partial charge in [-0.25, -0.2) is 9.59 Å². The third kappa shape index (κ3) is 4.30. The van der Waals surface area contributed by atoms with Crippen molar-refractivity contribution in [3.05, 3.63) is 89.1 Å². The van der Waals surface area contributed by atoms with Gasteiger partial charge in [-0.2, -0.15) is 5.10 Å². The van der Waals surface area contributed by atoms with Crippen LogP contribution in [0.3, 0.4) is 0 Å². The average Bonchev–Trinajstić information content (AvgIpc) is 3.51. The molecular weight excluding hydrogens is 462 g/mol. The first-order valence-electron chi connectivity index (χ1n) is 11.5. The molecule has 9 heteroatoms. The van der Waals surface area contributed by atoms with Crippen molar-refractivity contribution in [2.24, 2.45) is 0 Å². The lowest BCUT2D eigenvalue weighted by atomic mass is 9.98. The highest BCUT2D eigenvalue weighted by Gasteiger charge is 2.29. The number of carbonyl (C=O) groups excluding carboxylic acids is 2. The molecule has 0 spiro atoms. The monoisotopic (exact) mass is 487 g/mol. The number of carbonyl (C=O) groups is 2. The molecule has 4 N–H and O–H groups in total. The minimum Gasteiger partial charge on any atom is -0.465 e. The number of alkyl carbamates (subject to hydrolysis) is 1. The molecule has 4 aromatic rings. The summed E-state index contributed by atoms with van der Waals surface area (Å²) in [5.74, 6) is -0.682. The molecule has 0 saturated heterocycles. The van der Waals surface area contributed by atoms with E-state index in [-0.39, 0.29) is 30.2 Å². The zero-order chi connectivity index (χ0) is 25.2. The predicted octanol–water partition coefficient (Wildman–Crippen LogP) is 3.28. The number of aromatic amines is 1. The van der Waals surface area contributed by atoms with Crippen molar-refractivity contribution in [2.75, 3.05) is 20.3 Å². The first-order chi connectivity index (χ1) is 17.5. The van der Waals surface area contributed by atoms with Gasteiger partial charge in [0.15, 0.2) is 0 Å². The highest BCUT2D eigenvalue weighted by Crippen LogP contribution is 2.44. The fourth-order valence-corrected chi connectivity index (χ4v) is 4.69. The van der Waals surface area contributed by atoms with Crippen LogP contribution in [0.4, 0.5) is 4.79 Å². The number of aliphatic hydroxyl groups excluding tert-OH is 2. The normalized spacial score (nSPS) is 14.1. The van der Waals surface area contributed by atoms with Crippen molar-refractivity contribution in [2.45, 2.75) is 18.1 Å². The number of amides is 1. The number of nitrogens with one attached hydrogen (secondary N) is 2. The fraction of sp³-hybridized carbons (Fsp3) is 0.222. The van der Waals surface area contributed by atoms with Gasteiger partial charge in [-0.05, 0) is 39.9 Å². The Morgan fingerprint density at radius 3 is 2.39 bits per heavy atom. The van der Waals surface area contributed by atoms with Crippen LogP contribution in [0, 0.1) is 0 Å². The Balaban J connectivity index is 1.22. The van der Waals surface area contributed by atoms with Crippen LogP contribution in [0.15, 0.2) is 66.9 Å². The number of nitrogens with zero attached hydrogens (tertiary/aromatic N) is 1. The number of aromatic nitrogens is 2. The lowest BCUT2D eigenvalue weighted by molar-refractivity contribution is 0.0185. The van der Waals surface area contributed by atoms with Crippen LogP contribution in [0.25, 0.3) is 22.0 Å². The van der Waals surface area contributed by atoms with Gasteiger partial charge in [0.2, 0.25) is 0 Å².